The third-order valence-corrected chi connectivity index (χ3v) is 3.60. The Balaban J connectivity index is 2.24. The summed E-state index contributed by atoms with van der Waals surface area (Å²) in [6.45, 7) is 0. The van der Waals surface area contributed by atoms with Gasteiger partial charge in [0.2, 0.25) is 5.91 Å². The highest BCUT2D eigenvalue weighted by molar-refractivity contribution is 6.05. The summed E-state index contributed by atoms with van der Waals surface area (Å²) in [5.74, 6) is -0.0941. The second-order valence-corrected chi connectivity index (χ2v) is 4.89. The zero-order valence-electron chi connectivity index (χ0n) is 11.3. The van der Waals surface area contributed by atoms with E-state index in [1.807, 2.05) is 60.7 Å². The molecule has 2 aromatic carbocycles. The normalized spacial score (nSPS) is 18.3. The molecule has 20 heavy (non-hydrogen) atoms. The number of nitrogens with two attached hydrogens (primary N) is 1. The summed E-state index contributed by atoms with van der Waals surface area (Å²) in [7, 11) is 1.77. The molecule has 1 amide bonds. The van der Waals surface area contributed by atoms with Crippen LogP contribution in [0.2, 0.25) is 0 Å². The number of benzene rings is 2. The molecule has 1 aliphatic rings. The van der Waals surface area contributed by atoms with Gasteiger partial charge in [-0.2, -0.15) is 0 Å². The molecule has 0 saturated heterocycles. The second-order valence-electron chi connectivity index (χ2n) is 4.89. The molecule has 0 saturated carbocycles. The van der Waals surface area contributed by atoms with E-state index in [9.17, 15) is 4.79 Å². The fourth-order valence-corrected chi connectivity index (χ4v) is 2.55. The van der Waals surface area contributed by atoms with Gasteiger partial charge in [-0.1, -0.05) is 48.5 Å². The average molecular weight is 264 g/mol. The first-order valence-electron chi connectivity index (χ1n) is 6.58. The van der Waals surface area contributed by atoms with Gasteiger partial charge < -0.3 is 10.6 Å². The highest BCUT2D eigenvalue weighted by Crippen LogP contribution is 2.33. The van der Waals surface area contributed by atoms with Crippen molar-refractivity contribution in [1.29, 1.82) is 0 Å². The predicted octanol–water partition coefficient (Wildman–Crippen LogP) is 2.42. The van der Waals surface area contributed by atoms with Gasteiger partial charge in [0.1, 0.15) is 6.04 Å². The van der Waals surface area contributed by atoms with E-state index in [1.165, 1.54) is 0 Å². The topological polar surface area (TPSA) is 46.3 Å². The maximum atomic E-state index is 12.2. The SMILES string of the molecule is CN1C(=O)[C@@H](N)C=C(c2ccccc2)c2ccccc21. The lowest BCUT2D eigenvalue weighted by Crippen LogP contribution is -2.39. The first-order valence-corrected chi connectivity index (χ1v) is 6.58. The highest BCUT2D eigenvalue weighted by atomic mass is 16.2. The largest absolute Gasteiger partial charge is 0.317 e. The van der Waals surface area contributed by atoms with Crippen LogP contribution in [-0.4, -0.2) is 19.0 Å². The van der Waals surface area contributed by atoms with E-state index < -0.39 is 6.04 Å². The first kappa shape index (κ1) is 12.6. The molecule has 1 atom stereocenters. The monoisotopic (exact) mass is 264 g/mol. The lowest BCUT2D eigenvalue weighted by atomic mass is 9.96. The van der Waals surface area contributed by atoms with Crippen molar-refractivity contribution in [2.24, 2.45) is 5.73 Å². The van der Waals surface area contributed by atoms with Crippen LogP contribution in [0.5, 0.6) is 0 Å². The fraction of sp³-hybridized carbons (Fsp3) is 0.118. The van der Waals surface area contributed by atoms with E-state index in [0.717, 1.165) is 22.4 Å². The number of carbonyl (C=O) groups is 1. The molecular weight excluding hydrogens is 248 g/mol. The van der Waals surface area contributed by atoms with Gasteiger partial charge in [0, 0.05) is 12.6 Å². The van der Waals surface area contributed by atoms with E-state index in [0.29, 0.717) is 0 Å². The van der Waals surface area contributed by atoms with E-state index in [4.69, 9.17) is 5.73 Å². The number of hydrogen-bond acceptors (Lipinski definition) is 2. The molecule has 0 spiro atoms. The molecule has 0 radical (unpaired) electrons. The van der Waals surface area contributed by atoms with Crippen LogP contribution in [0.3, 0.4) is 0 Å². The van der Waals surface area contributed by atoms with E-state index in [-0.39, 0.29) is 5.91 Å². The molecule has 3 rings (SSSR count). The molecule has 2 aromatic rings. The lowest BCUT2D eigenvalue weighted by molar-refractivity contribution is -0.118. The van der Waals surface area contributed by atoms with Crippen molar-refractivity contribution in [3.63, 3.8) is 0 Å². The molecule has 0 unspecified atom stereocenters. The van der Waals surface area contributed by atoms with Crippen molar-refractivity contribution >= 4 is 17.2 Å². The molecule has 100 valence electrons. The lowest BCUT2D eigenvalue weighted by Gasteiger charge is -2.19. The minimum atomic E-state index is -0.623. The summed E-state index contributed by atoms with van der Waals surface area (Å²) in [6.07, 6.45) is 1.85. The van der Waals surface area contributed by atoms with Gasteiger partial charge in [-0.3, -0.25) is 4.79 Å². The molecule has 0 aliphatic carbocycles. The maximum Gasteiger partial charge on any atom is 0.247 e. The van der Waals surface area contributed by atoms with Gasteiger partial charge in [-0.15, -0.1) is 0 Å². The fourth-order valence-electron chi connectivity index (χ4n) is 2.55. The average Bonchev–Trinajstić information content (AvgIpc) is 2.60. The summed E-state index contributed by atoms with van der Waals surface area (Å²) < 4.78 is 0. The van der Waals surface area contributed by atoms with Crippen molar-refractivity contribution in [2.45, 2.75) is 6.04 Å². The van der Waals surface area contributed by atoms with Crippen molar-refractivity contribution in [1.82, 2.24) is 0 Å². The van der Waals surface area contributed by atoms with Gasteiger partial charge in [0.25, 0.3) is 0 Å². The summed E-state index contributed by atoms with van der Waals surface area (Å²) in [4.78, 5) is 13.9. The Kier molecular flexibility index (Phi) is 3.12. The number of likely N-dealkylation sites (N-methyl/N-ethyl adjacent to an activating group) is 1. The van der Waals surface area contributed by atoms with Crippen molar-refractivity contribution in [3.8, 4) is 0 Å². The Labute approximate surface area is 118 Å². The Bertz CT molecular complexity index is 676. The van der Waals surface area contributed by atoms with Crippen molar-refractivity contribution in [2.75, 3.05) is 11.9 Å². The number of fused-ring (bicyclic) bond motifs is 1. The third kappa shape index (κ3) is 2.02. The number of rotatable bonds is 1. The Morgan fingerprint density at radius 3 is 2.40 bits per heavy atom. The van der Waals surface area contributed by atoms with Gasteiger partial charge in [-0.25, -0.2) is 0 Å². The zero-order valence-corrected chi connectivity index (χ0v) is 11.3. The van der Waals surface area contributed by atoms with Crippen LogP contribution in [0.4, 0.5) is 5.69 Å². The number of anilines is 1. The third-order valence-electron chi connectivity index (χ3n) is 3.60. The van der Waals surface area contributed by atoms with Gasteiger partial charge in [-0.05, 0) is 23.3 Å². The molecular formula is C17H16N2O. The molecule has 1 aliphatic heterocycles. The van der Waals surface area contributed by atoms with E-state index in [2.05, 4.69) is 0 Å². The Morgan fingerprint density at radius 2 is 1.65 bits per heavy atom. The highest BCUT2D eigenvalue weighted by Gasteiger charge is 2.25. The number of hydrogen-bond donors (Lipinski definition) is 1. The van der Waals surface area contributed by atoms with Crippen LogP contribution in [0.1, 0.15) is 11.1 Å². The summed E-state index contributed by atoms with van der Waals surface area (Å²) in [5.41, 5.74) is 10.0. The second kappa shape index (κ2) is 4.94. The Morgan fingerprint density at radius 1 is 1.00 bits per heavy atom. The molecule has 3 nitrogen and oxygen atoms in total. The maximum absolute atomic E-state index is 12.2. The van der Waals surface area contributed by atoms with Crippen molar-refractivity contribution < 1.29 is 4.79 Å². The van der Waals surface area contributed by atoms with Crippen molar-refractivity contribution in [3.05, 3.63) is 71.8 Å². The summed E-state index contributed by atoms with van der Waals surface area (Å²) in [6, 6.07) is 17.3. The molecule has 2 N–H and O–H groups in total. The van der Waals surface area contributed by atoms with Crippen LogP contribution < -0.4 is 10.6 Å². The Hall–Kier alpha value is -2.39. The summed E-state index contributed by atoms with van der Waals surface area (Å²) >= 11 is 0. The molecule has 1 heterocycles. The molecule has 0 fully saturated rings. The van der Waals surface area contributed by atoms with Crippen LogP contribution in [-0.2, 0) is 4.79 Å². The number of amides is 1. The van der Waals surface area contributed by atoms with Gasteiger partial charge >= 0.3 is 0 Å². The number of para-hydroxylation sites is 1. The molecule has 0 aromatic heterocycles. The standard InChI is InChI=1S/C17H16N2O/c1-19-16-10-6-5-9-13(16)14(11-15(18)17(19)20)12-7-3-2-4-8-12/h2-11,15H,18H2,1H3/t15-/m0/s1. The van der Waals surface area contributed by atoms with Gasteiger partial charge in [0.05, 0.1) is 5.69 Å². The van der Waals surface area contributed by atoms with Crippen LogP contribution in [0.15, 0.2) is 60.7 Å². The first-order chi connectivity index (χ1) is 9.68. The molecule has 3 heteroatoms. The summed E-state index contributed by atoms with van der Waals surface area (Å²) in [5, 5.41) is 0. The zero-order chi connectivity index (χ0) is 14.1. The van der Waals surface area contributed by atoms with E-state index >= 15 is 0 Å². The van der Waals surface area contributed by atoms with Crippen LogP contribution in [0.25, 0.3) is 5.57 Å². The quantitative estimate of drug-likeness (QED) is 0.859. The van der Waals surface area contributed by atoms with Crippen LogP contribution in [0, 0.1) is 0 Å². The van der Waals surface area contributed by atoms with Crippen LogP contribution >= 0.6 is 0 Å². The molecule has 0 bridgehead atoms. The predicted molar refractivity (Wildman–Crippen MR) is 81.3 cm³/mol. The minimum Gasteiger partial charge on any atom is -0.317 e. The van der Waals surface area contributed by atoms with E-state index in [1.54, 1.807) is 11.9 Å². The van der Waals surface area contributed by atoms with Gasteiger partial charge in [0.15, 0.2) is 0 Å². The number of carbonyl (C=O) groups excluding carboxylic acids is 1. The number of nitrogens with zero attached hydrogens (tertiary/aromatic N) is 1. The smallest absolute Gasteiger partial charge is 0.247 e. The minimum absolute atomic E-state index is 0.0941.